The first kappa shape index (κ1) is 25.4. The molecule has 2 nitrogen and oxygen atoms in total. The lowest BCUT2D eigenvalue weighted by atomic mass is 10.1. The van der Waals surface area contributed by atoms with E-state index in [2.05, 4.69) is 26.5 Å². The van der Waals surface area contributed by atoms with Crippen LogP contribution in [-0.4, -0.2) is 19.5 Å². The van der Waals surface area contributed by atoms with Gasteiger partial charge in [-0.1, -0.05) is 96.4 Å². The maximum absolute atomic E-state index is 5.98. The van der Waals surface area contributed by atoms with Crippen molar-refractivity contribution in [2.45, 2.75) is 116 Å². The van der Waals surface area contributed by atoms with Gasteiger partial charge in [-0.15, -0.1) is 0 Å². The van der Waals surface area contributed by atoms with Gasteiger partial charge in [0, 0.05) is 13.2 Å². The molecule has 0 unspecified atom stereocenters. The second-order valence-electron chi connectivity index (χ2n) is 7.30. The molecular weight excluding hydrogens is 320 g/mol. The van der Waals surface area contributed by atoms with E-state index < -0.39 is 0 Å². The van der Waals surface area contributed by atoms with Crippen LogP contribution in [0, 0.1) is 0 Å². The van der Waals surface area contributed by atoms with Crippen molar-refractivity contribution < 1.29 is 9.47 Å². The van der Waals surface area contributed by atoms with Gasteiger partial charge in [-0.25, -0.2) is 0 Å². The average molecular weight is 367 g/mol. The lowest BCUT2D eigenvalue weighted by molar-refractivity contribution is -0.148. The Balaban J connectivity index is 3.62. The summed E-state index contributed by atoms with van der Waals surface area (Å²) < 4.78 is 12.0. The Morgan fingerprint density at radius 3 is 1.77 bits per heavy atom. The Morgan fingerprint density at radius 1 is 0.692 bits per heavy atom. The number of hydrogen-bond acceptors (Lipinski definition) is 2. The lowest BCUT2D eigenvalue weighted by Gasteiger charge is -2.18. The quantitative estimate of drug-likeness (QED) is 0.116. The predicted molar refractivity (Wildman–Crippen MR) is 116 cm³/mol. The van der Waals surface area contributed by atoms with Crippen LogP contribution in [-0.2, 0) is 9.47 Å². The highest BCUT2D eigenvalue weighted by atomic mass is 16.7. The van der Waals surface area contributed by atoms with Crippen LogP contribution in [0.4, 0.5) is 0 Å². The summed E-state index contributed by atoms with van der Waals surface area (Å²) in [6.45, 7) is 9.87. The predicted octanol–water partition coefficient (Wildman–Crippen LogP) is 7.98. The van der Waals surface area contributed by atoms with Gasteiger partial charge in [-0.3, -0.25) is 0 Å². The molecule has 0 heterocycles. The third-order valence-corrected chi connectivity index (χ3v) is 4.69. The Hall–Kier alpha value is -0.600. The van der Waals surface area contributed by atoms with Crippen LogP contribution in [0.25, 0.3) is 0 Å². The fourth-order valence-electron chi connectivity index (χ4n) is 3.00. The number of unbranched alkanes of at least 4 members (excludes halogenated alkanes) is 11. The van der Waals surface area contributed by atoms with Crippen molar-refractivity contribution in [3.8, 4) is 0 Å². The van der Waals surface area contributed by atoms with Crippen LogP contribution in [0.1, 0.15) is 110 Å². The second kappa shape index (κ2) is 22.4. The lowest BCUT2D eigenvalue weighted by Crippen LogP contribution is -2.19. The minimum absolute atomic E-state index is 0.0281. The Labute approximate surface area is 164 Å². The van der Waals surface area contributed by atoms with Gasteiger partial charge in [0.2, 0.25) is 0 Å². The Bertz CT molecular complexity index is 287. The van der Waals surface area contributed by atoms with E-state index in [1.54, 1.807) is 0 Å². The number of ether oxygens (including phenoxy) is 2. The first-order chi connectivity index (χ1) is 12.8. The van der Waals surface area contributed by atoms with Gasteiger partial charge in [-0.2, -0.15) is 0 Å². The van der Waals surface area contributed by atoms with Gasteiger partial charge in [-0.05, 0) is 38.5 Å². The topological polar surface area (TPSA) is 18.5 Å². The molecule has 0 aliphatic rings. The van der Waals surface area contributed by atoms with Gasteiger partial charge >= 0.3 is 0 Å². The van der Waals surface area contributed by atoms with Crippen molar-refractivity contribution in [3.63, 3.8) is 0 Å². The molecule has 0 saturated heterocycles. The third-order valence-electron chi connectivity index (χ3n) is 4.69. The highest BCUT2D eigenvalue weighted by Gasteiger charge is 2.09. The minimum atomic E-state index is 0.0281. The Kier molecular flexibility index (Phi) is 21.9. The van der Waals surface area contributed by atoms with Crippen molar-refractivity contribution in [2.75, 3.05) is 13.2 Å². The molecule has 0 bridgehead atoms. The molecule has 154 valence electrons. The van der Waals surface area contributed by atoms with E-state index in [0.29, 0.717) is 0 Å². The van der Waals surface area contributed by atoms with Crippen LogP contribution in [0.15, 0.2) is 24.8 Å². The van der Waals surface area contributed by atoms with Crippen molar-refractivity contribution in [3.05, 3.63) is 24.8 Å². The monoisotopic (exact) mass is 366 g/mol. The van der Waals surface area contributed by atoms with Crippen LogP contribution < -0.4 is 0 Å². The van der Waals surface area contributed by atoms with E-state index >= 15 is 0 Å². The van der Waals surface area contributed by atoms with E-state index in [-0.39, 0.29) is 6.29 Å². The zero-order chi connectivity index (χ0) is 19.1. The molecule has 0 amide bonds. The molecule has 0 aliphatic carbocycles. The molecular formula is C24H46O2. The first-order valence-electron chi connectivity index (χ1n) is 11.4. The van der Waals surface area contributed by atoms with Crippen molar-refractivity contribution in [1.29, 1.82) is 0 Å². The highest BCUT2D eigenvalue weighted by Crippen LogP contribution is 2.14. The molecule has 0 aliphatic heterocycles. The zero-order valence-electron chi connectivity index (χ0n) is 17.9. The number of rotatable bonds is 21. The summed E-state index contributed by atoms with van der Waals surface area (Å²) in [5.74, 6) is 0. The summed E-state index contributed by atoms with van der Waals surface area (Å²) in [4.78, 5) is 0. The highest BCUT2D eigenvalue weighted by molar-refractivity contribution is 4.96. The number of hydrogen-bond donors (Lipinski definition) is 0. The maximum atomic E-state index is 5.98. The summed E-state index contributed by atoms with van der Waals surface area (Å²) in [6, 6.07) is 0. The Morgan fingerprint density at radius 2 is 1.23 bits per heavy atom. The molecule has 0 radical (unpaired) electrons. The second-order valence-corrected chi connectivity index (χ2v) is 7.30. The van der Waals surface area contributed by atoms with Crippen LogP contribution in [0.5, 0.6) is 0 Å². The third kappa shape index (κ3) is 19.7. The summed E-state index contributed by atoms with van der Waals surface area (Å²) in [5.41, 5.74) is 0. The number of allylic oxidation sites excluding steroid dienone is 3. The SMILES string of the molecule is C=C/C=C\CCCCCCCCCC(OCCCCC)OCCCCC. The molecule has 0 aromatic heterocycles. The van der Waals surface area contributed by atoms with Gasteiger partial charge in [0.25, 0.3) is 0 Å². The van der Waals surface area contributed by atoms with E-state index in [0.717, 1.165) is 32.5 Å². The fourth-order valence-corrected chi connectivity index (χ4v) is 3.00. The molecule has 0 aromatic rings. The smallest absolute Gasteiger partial charge is 0.157 e. The molecule has 0 rings (SSSR count). The van der Waals surface area contributed by atoms with E-state index in [1.807, 2.05) is 12.2 Å². The fraction of sp³-hybridized carbons (Fsp3) is 0.833. The molecule has 0 atom stereocenters. The van der Waals surface area contributed by atoms with Crippen molar-refractivity contribution in [2.24, 2.45) is 0 Å². The van der Waals surface area contributed by atoms with Gasteiger partial charge in [0.1, 0.15) is 0 Å². The first-order valence-corrected chi connectivity index (χ1v) is 11.4. The van der Waals surface area contributed by atoms with Gasteiger partial charge in [0.05, 0.1) is 0 Å². The molecule has 0 saturated carbocycles. The molecule has 0 N–H and O–H groups in total. The standard InChI is InChI=1S/C24H46O2/c1-4-7-10-11-12-13-14-15-16-17-18-21-24(25-22-19-8-5-2)26-23-20-9-6-3/h4,7,10,24H,1,5-6,8-9,11-23H2,2-3H3/b10-7-. The summed E-state index contributed by atoms with van der Waals surface area (Å²) >= 11 is 0. The normalized spacial score (nSPS) is 11.7. The van der Waals surface area contributed by atoms with Crippen molar-refractivity contribution >= 4 is 0 Å². The largest absolute Gasteiger partial charge is 0.353 e. The van der Waals surface area contributed by atoms with Crippen molar-refractivity contribution in [1.82, 2.24) is 0 Å². The minimum Gasteiger partial charge on any atom is -0.353 e. The van der Waals surface area contributed by atoms with E-state index in [9.17, 15) is 0 Å². The van der Waals surface area contributed by atoms with Crippen LogP contribution in [0.2, 0.25) is 0 Å². The van der Waals surface area contributed by atoms with Gasteiger partial charge in [0.15, 0.2) is 6.29 Å². The summed E-state index contributed by atoms with van der Waals surface area (Å²) in [6.07, 6.45) is 25.0. The maximum Gasteiger partial charge on any atom is 0.157 e. The van der Waals surface area contributed by atoms with Crippen LogP contribution >= 0.6 is 0 Å². The summed E-state index contributed by atoms with van der Waals surface area (Å²) in [5, 5.41) is 0. The molecule has 0 fully saturated rings. The van der Waals surface area contributed by atoms with E-state index in [1.165, 1.54) is 77.0 Å². The van der Waals surface area contributed by atoms with Crippen LogP contribution in [0.3, 0.4) is 0 Å². The summed E-state index contributed by atoms with van der Waals surface area (Å²) in [7, 11) is 0. The molecule has 0 aromatic carbocycles. The molecule has 0 spiro atoms. The average Bonchev–Trinajstić information content (AvgIpc) is 2.66. The zero-order valence-corrected chi connectivity index (χ0v) is 17.9. The molecule has 2 heteroatoms. The van der Waals surface area contributed by atoms with Gasteiger partial charge < -0.3 is 9.47 Å². The molecule has 26 heavy (non-hydrogen) atoms. The van der Waals surface area contributed by atoms with E-state index in [4.69, 9.17) is 9.47 Å².